The maximum atomic E-state index is 12.8. The lowest BCUT2D eigenvalue weighted by atomic mass is 10.1. The Bertz CT molecular complexity index is 1180. The van der Waals surface area contributed by atoms with Crippen molar-refractivity contribution in [1.82, 2.24) is 9.62 Å². The zero-order valence-corrected chi connectivity index (χ0v) is 20.1. The van der Waals surface area contributed by atoms with Gasteiger partial charge in [0, 0.05) is 24.3 Å². The van der Waals surface area contributed by atoms with Gasteiger partial charge in [-0.1, -0.05) is 17.7 Å². The molecule has 3 rings (SSSR count). The van der Waals surface area contributed by atoms with E-state index in [0.717, 1.165) is 0 Å². The smallest absolute Gasteiger partial charge is 0.244 e. The van der Waals surface area contributed by atoms with Crippen LogP contribution in [0.25, 0.3) is 0 Å². The number of hydrogen-bond acceptors (Lipinski definition) is 6. The van der Waals surface area contributed by atoms with Crippen molar-refractivity contribution in [3.63, 3.8) is 0 Å². The highest BCUT2D eigenvalue weighted by Crippen LogP contribution is 2.28. The summed E-state index contributed by atoms with van der Waals surface area (Å²) in [5.74, 6) is -1.10. The molecule has 0 aromatic heterocycles. The van der Waals surface area contributed by atoms with E-state index in [4.69, 9.17) is 27.5 Å². The number of nitrogen functional groups attached to an aromatic ring is 1. The van der Waals surface area contributed by atoms with Crippen molar-refractivity contribution in [3.05, 3.63) is 58.6 Å². The summed E-state index contributed by atoms with van der Waals surface area (Å²) in [6.45, 7) is 2.88. The molecule has 0 unspecified atom stereocenters. The van der Waals surface area contributed by atoms with Crippen LogP contribution >= 0.6 is 11.6 Å². The highest BCUT2D eigenvalue weighted by Gasteiger charge is 2.28. The molecule has 2 aromatic rings. The van der Waals surface area contributed by atoms with Crippen LogP contribution in [0.1, 0.15) is 30.5 Å². The first kappa shape index (κ1) is 25.6. The molecule has 10 nitrogen and oxygen atoms in total. The van der Waals surface area contributed by atoms with E-state index in [2.05, 4.69) is 10.6 Å². The van der Waals surface area contributed by atoms with Crippen LogP contribution in [0.2, 0.25) is 5.02 Å². The molecule has 1 aliphatic rings. The topological polar surface area (TPSA) is 155 Å². The van der Waals surface area contributed by atoms with Crippen molar-refractivity contribution in [1.29, 1.82) is 5.41 Å². The summed E-state index contributed by atoms with van der Waals surface area (Å²) in [5.41, 5.74) is 6.99. The monoisotopic (exact) mass is 507 g/mol. The normalized spacial score (nSPS) is 15.4. The first-order valence-corrected chi connectivity index (χ1v) is 12.3. The number of amidine groups is 1. The Hall–Kier alpha value is -2.99. The van der Waals surface area contributed by atoms with E-state index in [1.807, 2.05) is 0 Å². The van der Waals surface area contributed by atoms with E-state index in [0.29, 0.717) is 30.0 Å². The lowest BCUT2D eigenvalue weighted by molar-refractivity contribution is -0.127. The van der Waals surface area contributed by atoms with Gasteiger partial charge in [0.15, 0.2) is 0 Å². The number of hydrogen-bond donors (Lipinski definition) is 4. The summed E-state index contributed by atoms with van der Waals surface area (Å²) >= 11 is 6.28. The summed E-state index contributed by atoms with van der Waals surface area (Å²) in [6, 6.07) is 10.3. The maximum Gasteiger partial charge on any atom is 0.244 e. The van der Waals surface area contributed by atoms with Crippen LogP contribution in [-0.4, -0.2) is 56.7 Å². The molecule has 1 heterocycles. The summed E-state index contributed by atoms with van der Waals surface area (Å²) in [7, 11) is -3.75. The van der Waals surface area contributed by atoms with E-state index in [-0.39, 0.29) is 28.8 Å². The van der Waals surface area contributed by atoms with Crippen molar-refractivity contribution in [3.8, 4) is 0 Å². The Labute approximate surface area is 203 Å². The van der Waals surface area contributed by atoms with E-state index >= 15 is 0 Å². The average Bonchev–Trinajstić information content (AvgIpc) is 2.79. The third kappa shape index (κ3) is 6.32. The Kier molecular flexibility index (Phi) is 8.26. The molecule has 12 heteroatoms. The van der Waals surface area contributed by atoms with Gasteiger partial charge in [0.1, 0.15) is 17.2 Å². The van der Waals surface area contributed by atoms with E-state index in [1.165, 1.54) is 16.4 Å². The van der Waals surface area contributed by atoms with Gasteiger partial charge < -0.3 is 21.1 Å². The zero-order chi connectivity index (χ0) is 24.9. The fraction of sp³-hybridized carbons (Fsp3) is 0.318. The lowest BCUT2D eigenvalue weighted by Crippen LogP contribution is -2.40. The zero-order valence-electron chi connectivity index (χ0n) is 18.5. The van der Waals surface area contributed by atoms with Crippen LogP contribution in [0.5, 0.6) is 0 Å². The fourth-order valence-corrected chi connectivity index (χ4v) is 5.32. The molecule has 0 radical (unpaired) electrons. The van der Waals surface area contributed by atoms with Crippen LogP contribution in [0, 0.1) is 5.41 Å². The molecule has 182 valence electrons. The summed E-state index contributed by atoms with van der Waals surface area (Å²) < 4.78 is 32.2. The van der Waals surface area contributed by atoms with E-state index in [9.17, 15) is 18.0 Å². The Morgan fingerprint density at radius 3 is 2.38 bits per heavy atom. The molecule has 1 atom stereocenters. The minimum Gasteiger partial charge on any atom is -0.384 e. The number of nitrogens with two attached hydrogens (primary N) is 1. The third-order valence-corrected chi connectivity index (χ3v) is 7.60. The molecular weight excluding hydrogens is 482 g/mol. The molecule has 34 heavy (non-hydrogen) atoms. The summed E-state index contributed by atoms with van der Waals surface area (Å²) in [6.07, 6.45) is -0.407. The number of sulfonamides is 1. The molecule has 0 saturated carbocycles. The maximum absolute atomic E-state index is 12.8. The quantitative estimate of drug-likeness (QED) is 0.243. The highest BCUT2D eigenvalue weighted by molar-refractivity contribution is 7.89. The number of amides is 2. The van der Waals surface area contributed by atoms with Crippen LogP contribution in [0.4, 0.5) is 5.69 Å². The van der Waals surface area contributed by atoms with Crippen molar-refractivity contribution in [2.45, 2.75) is 24.3 Å². The molecule has 1 saturated heterocycles. The van der Waals surface area contributed by atoms with Crippen LogP contribution in [-0.2, 0) is 24.3 Å². The van der Waals surface area contributed by atoms with Crippen LogP contribution in [0.3, 0.4) is 0 Å². The SMILES string of the molecule is C[C@H](NC(=O)CC(=O)Nc1ccc(C(=N)N)cc1)c1ccc(S(=O)(=O)N2CCOCC2)c(Cl)c1. The molecule has 0 bridgehead atoms. The van der Waals surface area contributed by atoms with Gasteiger partial charge in [-0.3, -0.25) is 15.0 Å². The van der Waals surface area contributed by atoms with Crippen molar-refractivity contribution < 1.29 is 22.7 Å². The van der Waals surface area contributed by atoms with Crippen molar-refractivity contribution >= 4 is 45.0 Å². The van der Waals surface area contributed by atoms with Gasteiger partial charge in [0.05, 0.1) is 24.3 Å². The standard InChI is InChI=1S/C22H26ClN5O5S/c1-14(26-20(29)13-21(30)27-17-5-2-15(3-6-17)22(24)25)16-4-7-19(18(23)12-16)34(31,32)28-8-10-33-11-9-28/h2-7,12,14H,8-11,13H2,1H3,(H3,24,25)(H,26,29)(H,27,30)/t14-/m0/s1. The second-order valence-corrected chi connectivity index (χ2v) is 10.0. The molecule has 1 aliphatic heterocycles. The predicted molar refractivity (Wildman–Crippen MR) is 128 cm³/mol. The second-order valence-electron chi connectivity index (χ2n) is 7.71. The minimum absolute atomic E-state index is 0.00601. The molecule has 0 aliphatic carbocycles. The number of ether oxygens (including phenoxy) is 1. The number of benzene rings is 2. The Morgan fingerprint density at radius 2 is 1.79 bits per heavy atom. The number of rotatable bonds is 8. The number of carbonyl (C=O) groups is 2. The van der Waals surface area contributed by atoms with Crippen LogP contribution in [0.15, 0.2) is 47.4 Å². The number of nitrogens with zero attached hydrogens (tertiary/aromatic N) is 1. The summed E-state index contributed by atoms with van der Waals surface area (Å²) in [5, 5.41) is 12.7. The summed E-state index contributed by atoms with van der Waals surface area (Å²) in [4.78, 5) is 24.5. The first-order valence-electron chi connectivity index (χ1n) is 10.5. The highest BCUT2D eigenvalue weighted by atomic mass is 35.5. The van der Waals surface area contributed by atoms with Gasteiger partial charge in [-0.05, 0) is 48.9 Å². The van der Waals surface area contributed by atoms with Crippen molar-refractivity contribution in [2.75, 3.05) is 31.6 Å². The molecule has 5 N–H and O–H groups in total. The van der Waals surface area contributed by atoms with Gasteiger partial charge in [-0.25, -0.2) is 8.42 Å². The Morgan fingerprint density at radius 1 is 1.15 bits per heavy atom. The molecule has 0 spiro atoms. The largest absolute Gasteiger partial charge is 0.384 e. The van der Waals surface area contributed by atoms with Gasteiger partial charge in [0.2, 0.25) is 21.8 Å². The Balaban J connectivity index is 1.58. The van der Waals surface area contributed by atoms with Gasteiger partial charge in [-0.2, -0.15) is 4.31 Å². The van der Waals surface area contributed by atoms with Gasteiger partial charge >= 0.3 is 0 Å². The third-order valence-electron chi connectivity index (χ3n) is 5.22. The minimum atomic E-state index is -3.75. The number of anilines is 1. The molecule has 1 fully saturated rings. The van der Waals surface area contributed by atoms with Crippen LogP contribution < -0.4 is 16.4 Å². The fourth-order valence-electron chi connectivity index (χ4n) is 3.38. The lowest BCUT2D eigenvalue weighted by Gasteiger charge is -2.26. The van der Waals surface area contributed by atoms with Gasteiger partial charge in [0.25, 0.3) is 0 Å². The van der Waals surface area contributed by atoms with Crippen molar-refractivity contribution in [2.24, 2.45) is 5.73 Å². The molecular formula is C22H26ClN5O5S. The first-order chi connectivity index (χ1) is 16.1. The van der Waals surface area contributed by atoms with E-state index < -0.39 is 34.3 Å². The predicted octanol–water partition coefficient (Wildman–Crippen LogP) is 1.85. The number of carbonyl (C=O) groups excluding carboxylic acids is 2. The second kappa shape index (κ2) is 11.0. The number of nitrogens with one attached hydrogen (secondary N) is 3. The van der Waals surface area contributed by atoms with E-state index in [1.54, 1.807) is 37.3 Å². The number of halogens is 1. The number of morpholine rings is 1. The van der Waals surface area contributed by atoms with Gasteiger partial charge in [-0.15, -0.1) is 0 Å². The molecule has 2 aromatic carbocycles. The molecule has 2 amide bonds. The average molecular weight is 508 g/mol.